The van der Waals surface area contributed by atoms with Crippen LogP contribution in [0, 0.1) is 0 Å². The number of nitrogens with one attached hydrogen (secondary N) is 2. The summed E-state index contributed by atoms with van der Waals surface area (Å²) in [5.41, 5.74) is 1.77. The lowest BCUT2D eigenvalue weighted by Gasteiger charge is -2.15. The Morgan fingerprint density at radius 2 is 1.90 bits per heavy atom. The van der Waals surface area contributed by atoms with Gasteiger partial charge in [-0.3, -0.25) is 4.98 Å². The minimum absolute atomic E-state index is 0.129. The van der Waals surface area contributed by atoms with Gasteiger partial charge in [-0.05, 0) is 37.6 Å². The fourth-order valence-corrected chi connectivity index (χ4v) is 2.61. The van der Waals surface area contributed by atoms with Crippen molar-refractivity contribution in [2.75, 3.05) is 10.6 Å². The third-order valence-corrected chi connectivity index (χ3v) is 4.25. The molecule has 0 bridgehead atoms. The van der Waals surface area contributed by atoms with E-state index in [4.69, 9.17) is 0 Å². The zero-order chi connectivity index (χ0) is 21.6. The molecule has 0 fully saturated rings. The van der Waals surface area contributed by atoms with E-state index in [2.05, 4.69) is 30.3 Å². The van der Waals surface area contributed by atoms with Crippen LogP contribution in [0.15, 0.2) is 54.7 Å². The minimum atomic E-state index is -4.76. The topological polar surface area (TPSA) is 72.0 Å². The van der Waals surface area contributed by atoms with E-state index in [1.807, 2.05) is 32.0 Å². The van der Waals surface area contributed by atoms with Gasteiger partial charge in [0.25, 0.3) is 0 Å². The van der Waals surface area contributed by atoms with Crippen LogP contribution in [0.5, 0.6) is 5.75 Å². The van der Waals surface area contributed by atoms with Crippen molar-refractivity contribution in [2.45, 2.75) is 39.2 Å². The van der Waals surface area contributed by atoms with Gasteiger partial charge in [-0.25, -0.2) is 4.98 Å². The zero-order valence-corrected chi connectivity index (χ0v) is 16.6. The number of hydrogen-bond donors (Lipinski definition) is 2. The van der Waals surface area contributed by atoms with Gasteiger partial charge in [0.1, 0.15) is 11.6 Å². The summed E-state index contributed by atoms with van der Waals surface area (Å²) >= 11 is 0. The summed E-state index contributed by atoms with van der Waals surface area (Å²) in [6.07, 6.45) is -2.20. The van der Waals surface area contributed by atoms with Gasteiger partial charge in [0, 0.05) is 23.9 Å². The van der Waals surface area contributed by atoms with Crippen LogP contribution < -0.4 is 15.4 Å². The van der Waals surface area contributed by atoms with Crippen LogP contribution in [-0.4, -0.2) is 27.4 Å². The van der Waals surface area contributed by atoms with Crippen molar-refractivity contribution >= 4 is 11.8 Å². The molecule has 2 aromatic heterocycles. The van der Waals surface area contributed by atoms with Crippen molar-refractivity contribution in [3.05, 3.63) is 60.4 Å². The number of nitrogens with zero attached hydrogens (tertiary/aromatic N) is 3. The molecule has 2 N–H and O–H groups in total. The summed E-state index contributed by atoms with van der Waals surface area (Å²) in [6, 6.07) is 13.1. The van der Waals surface area contributed by atoms with E-state index in [1.165, 1.54) is 18.2 Å². The van der Waals surface area contributed by atoms with Crippen LogP contribution in [0.4, 0.5) is 24.9 Å². The van der Waals surface area contributed by atoms with Gasteiger partial charge in [-0.15, -0.1) is 13.2 Å². The molecule has 3 aromatic rings. The van der Waals surface area contributed by atoms with Gasteiger partial charge in [-0.1, -0.05) is 25.1 Å². The second kappa shape index (κ2) is 9.43. The first-order chi connectivity index (χ1) is 14.3. The molecule has 6 nitrogen and oxygen atoms in total. The minimum Gasteiger partial charge on any atom is -0.406 e. The fourth-order valence-electron chi connectivity index (χ4n) is 2.61. The van der Waals surface area contributed by atoms with Gasteiger partial charge < -0.3 is 15.4 Å². The van der Waals surface area contributed by atoms with Crippen LogP contribution in [0.2, 0.25) is 0 Å². The Kier molecular flexibility index (Phi) is 6.71. The number of pyridine rings is 1. The molecule has 1 atom stereocenters. The molecule has 0 amide bonds. The standard InChI is InChI=1S/C21H22F3N5O/c1-3-14(2)27-20-28-18(15-7-6-9-17(11-15)30-21(22,23)24)12-19(29-20)26-13-16-8-4-5-10-25-16/h4-12,14H,3,13H2,1-2H3,(H2,26,27,28,29)/t14-/m0/s1. The molecular weight excluding hydrogens is 395 g/mol. The van der Waals surface area contributed by atoms with Crippen LogP contribution >= 0.6 is 0 Å². The lowest BCUT2D eigenvalue weighted by Crippen LogP contribution is -2.17. The molecule has 158 valence electrons. The number of halogens is 3. The first kappa shape index (κ1) is 21.4. The summed E-state index contributed by atoms with van der Waals surface area (Å²) in [5.74, 6) is 0.601. The molecule has 0 aliphatic carbocycles. The Morgan fingerprint density at radius 1 is 1.07 bits per heavy atom. The highest BCUT2D eigenvalue weighted by Crippen LogP contribution is 2.28. The van der Waals surface area contributed by atoms with Crippen molar-refractivity contribution in [1.82, 2.24) is 15.0 Å². The number of anilines is 2. The molecule has 2 heterocycles. The number of aromatic nitrogens is 3. The molecule has 0 unspecified atom stereocenters. The number of alkyl halides is 3. The van der Waals surface area contributed by atoms with E-state index in [-0.39, 0.29) is 11.8 Å². The molecule has 30 heavy (non-hydrogen) atoms. The highest BCUT2D eigenvalue weighted by atomic mass is 19.4. The molecule has 0 spiro atoms. The number of benzene rings is 1. The number of rotatable bonds is 8. The second-order valence-electron chi connectivity index (χ2n) is 6.67. The first-order valence-electron chi connectivity index (χ1n) is 9.48. The van der Waals surface area contributed by atoms with Crippen LogP contribution in [0.25, 0.3) is 11.3 Å². The van der Waals surface area contributed by atoms with Gasteiger partial charge in [0.05, 0.1) is 17.9 Å². The largest absolute Gasteiger partial charge is 0.573 e. The maximum Gasteiger partial charge on any atom is 0.573 e. The summed E-state index contributed by atoms with van der Waals surface area (Å²) < 4.78 is 41.8. The van der Waals surface area contributed by atoms with Crippen molar-refractivity contribution in [2.24, 2.45) is 0 Å². The summed E-state index contributed by atoms with van der Waals surface area (Å²) in [4.78, 5) is 13.2. The van der Waals surface area contributed by atoms with E-state index < -0.39 is 6.36 Å². The second-order valence-corrected chi connectivity index (χ2v) is 6.67. The third kappa shape index (κ3) is 6.33. The predicted molar refractivity (Wildman–Crippen MR) is 109 cm³/mol. The normalized spacial score (nSPS) is 12.3. The Morgan fingerprint density at radius 3 is 2.60 bits per heavy atom. The van der Waals surface area contributed by atoms with E-state index in [1.54, 1.807) is 18.3 Å². The molecule has 0 saturated carbocycles. The highest BCUT2D eigenvalue weighted by molar-refractivity contribution is 5.66. The molecule has 3 rings (SSSR count). The monoisotopic (exact) mass is 417 g/mol. The maximum absolute atomic E-state index is 12.6. The van der Waals surface area contributed by atoms with Crippen molar-refractivity contribution < 1.29 is 17.9 Å². The van der Waals surface area contributed by atoms with Crippen LogP contribution in [0.3, 0.4) is 0 Å². The highest BCUT2D eigenvalue weighted by Gasteiger charge is 2.31. The average molecular weight is 417 g/mol. The van der Waals surface area contributed by atoms with Crippen LogP contribution in [0.1, 0.15) is 26.0 Å². The Labute approximate surface area is 172 Å². The summed E-state index contributed by atoms with van der Waals surface area (Å²) in [5, 5.41) is 6.39. The molecule has 1 aromatic carbocycles. The molecule has 0 radical (unpaired) electrons. The smallest absolute Gasteiger partial charge is 0.406 e. The Balaban J connectivity index is 1.90. The molecule has 0 aliphatic heterocycles. The number of ether oxygens (including phenoxy) is 1. The Hall–Kier alpha value is -3.36. The average Bonchev–Trinajstić information content (AvgIpc) is 2.72. The SMILES string of the molecule is CC[C@H](C)Nc1nc(NCc2ccccn2)cc(-c2cccc(OC(F)(F)F)c2)n1. The molecular formula is C21H22F3N5O. The molecule has 0 saturated heterocycles. The first-order valence-corrected chi connectivity index (χ1v) is 9.48. The van der Waals surface area contributed by atoms with Crippen LogP contribution in [-0.2, 0) is 6.54 Å². The number of hydrogen-bond acceptors (Lipinski definition) is 6. The third-order valence-electron chi connectivity index (χ3n) is 4.25. The van der Waals surface area contributed by atoms with Gasteiger partial charge >= 0.3 is 6.36 Å². The molecule has 9 heteroatoms. The van der Waals surface area contributed by atoms with E-state index in [0.29, 0.717) is 29.6 Å². The van der Waals surface area contributed by atoms with Crippen molar-refractivity contribution in [3.63, 3.8) is 0 Å². The van der Waals surface area contributed by atoms with Crippen molar-refractivity contribution in [1.29, 1.82) is 0 Å². The van der Waals surface area contributed by atoms with Gasteiger partial charge in [0.2, 0.25) is 5.95 Å². The summed E-state index contributed by atoms with van der Waals surface area (Å²) in [6.45, 7) is 4.46. The van der Waals surface area contributed by atoms with E-state index in [0.717, 1.165) is 12.1 Å². The zero-order valence-electron chi connectivity index (χ0n) is 16.6. The van der Waals surface area contributed by atoms with E-state index in [9.17, 15) is 13.2 Å². The molecule has 0 aliphatic rings. The van der Waals surface area contributed by atoms with E-state index >= 15 is 0 Å². The quantitative estimate of drug-likeness (QED) is 0.521. The van der Waals surface area contributed by atoms with Crippen molar-refractivity contribution in [3.8, 4) is 17.0 Å². The predicted octanol–water partition coefficient (Wildman–Crippen LogP) is 5.26. The van der Waals surface area contributed by atoms with Gasteiger partial charge in [-0.2, -0.15) is 4.98 Å². The lowest BCUT2D eigenvalue weighted by atomic mass is 10.1. The maximum atomic E-state index is 12.6. The van der Waals surface area contributed by atoms with Gasteiger partial charge in [0.15, 0.2) is 0 Å². The Bertz CT molecular complexity index is 966. The fraction of sp³-hybridized carbons (Fsp3) is 0.286. The summed E-state index contributed by atoms with van der Waals surface area (Å²) in [7, 11) is 0. The lowest BCUT2D eigenvalue weighted by molar-refractivity contribution is -0.274.